The minimum atomic E-state index is -0.352. The van der Waals surface area contributed by atoms with Crippen LogP contribution >= 0.6 is 0 Å². The molecule has 1 N–H and O–H groups in total. The number of cyclic esters (lactones) is 1. The molecule has 0 aromatic heterocycles. The highest BCUT2D eigenvalue weighted by atomic mass is 16.6. The van der Waals surface area contributed by atoms with Crippen LogP contribution in [0.2, 0.25) is 0 Å². The summed E-state index contributed by atoms with van der Waals surface area (Å²) in [6.07, 6.45) is 1.27. The van der Waals surface area contributed by atoms with E-state index in [2.05, 4.69) is 5.32 Å². The molecule has 31 heavy (non-hydrogen) atoms. The van der Waals surface area contributed by atoms with Gasteiger partial charge in [0.05, 0.1) is 6.54 Å². The lowest BCUT2D eigenvalue weighted by Crippen LogP contribution is -2.35. The maximum absolute atomic E-state index is 12.3. The maximum atomic E-state index is 12.3. The van der Waals surface area contributed by atoms with Crippen LogP contribution in [0.15, 0.2) is 48.5 Å². The Bertz CT molecular complexity index is 891. The predicted octanol–water partition coefficient (Wildman–Crippen LogP) is 3.61. The number of carbonyl (C=O) groups is 2. The van der Waals surface area contributed by atoms with Crippen molar-refractivity contribution in [3.63, 3.8) is 0 Å². The Morgan fingerprint density at radius 1 is 1.10 bits per heavy atom. The van der Waals surface area contributed by atoms with Gasteiger partial charge in [-0.1, -0.05) is 29.8 Å². The van der Waals surface area contributed by atoms with E-state index in [9.17, 15) is 9.59 Å². The van der Waals surface area contributed by atoms with Crippen LogP contribution in [0.4, 0.5) is 10.5 Å². The molecular weight excluding hydrogens is 396 g/mol. The van der Waals surface area contributed by atoms with Crippen molar-refractivity contribution < 1.29 is 23.8 Å². The zero-order valence-corrected chi connectivity index (χ0v) is 17.7. The Labute approximate surface area is 182 Å². The molecule has 0 radical (unpaired) electrons. The van der Waals surface area contributed by atoms with Crippen LogP contribution in [0.1, 0.15) is 30.1 Å². The van der Waals surface area contributed by atoms with Crippen molar-refractivity contribution >= 4 is 17.7 Å². The quantitative estimate of drug-likeness (QED) is 0.735. The summed E-state index contributed by atoms with van der Waals surface area (Å²) in [6, 6.07) is 15.1. The number of aryl methyl sites for hydroxylation is 1. The molecule has 0 spiro atoms. The number of benzene rings is 2. The highest BCUT2D eigenvalue weighted by Gasteiger charge is 2.33. The second-order valence-corrected chi connectivity index (χ2v) is 8.04. The highest BCUT2D eigenvalue weighted by molar-refractivity contribution is 5.89. The van der Waals surface area contributed by atoms with Crippen molar-refractivity contribution in [1.29, 1.82) is 0 Å². The number of hydrogen-bond acceptors (Lipinski definition) is 5. The maximum Gasteiger partial charge on any atom is 0.415 e. The summed E-state index contributed by atoms with van der Waals surface area (Å²) in [5.74, 6) is 0.948. The molecule has 2 aromatic rings. The number of amides is 2. The van der Waals surface area contributed by atoms with Gasteiger partial charge in [-0.3, -0.25) is 9.69 Å². The van der Waals surface area contributed by atoms with E-state index in [1.807, 2.05) is 43.3 Å². The molecule has 2 amide bonds. The Kier molecular flexibility index (Phi) is 6.72. The van der Waals surface area contributed by atoms with Gasteiger partial charge in [0.2, 0.25) is 0 Å². The third-order valence-corrected chi connectivity index (χ3v) is 5.71. The fourth-order valence-electron chi connectivity index (χ4n) is 3.76. The van der Waals surface area contributed by atoms with Gasteiger partial charge in [0.25, 0.3) is 5.91 Å². The van der Waals surface area contributed by atoms with Gasteiger partial charge in [0.1, 0.15) is 11.9 Å². The summed E-state index contributed by atoms with van der Waals surface area (Å²) in [7, 11) is 0. The molecule has 0 aliphatic carbocycles. The van der Waals surface area contributed by atoms with Crippen molar-refractivity contribution in [2.24, 2.45) is 5.92 Å². The molecule has 7 nitrogen and oxygen atoms in total. The normalized spacial score (nSPS) is 19.2. The molecule has 2 heterocycles. The van der Waals surface area contributed by atoms with Crippen LogP contribution in [0.3, 0.4) is 0 Å². The first-order chi connectivity index (χ1) is 15.1. The van der Waals surface area contributed by atoms with Gasteiger partial charge in [0, 0.05) is 25.4 Å². The van der Waals surface area contributed by atoms with E-state index in [0.717, 1.165) is 42.9 Å². The van der Waals surface area contributed by atoms with Crippen molar-refractivity contribution in [2.75, 3.05) is 37.8 Å². The van der Waals surface area contributed by atoms with Crippen molar-refractivity contribution in [1.82, 2.24) is 5.32 Å². The number of nitrogens with one attached hydrogen (secondary N) is 1. The van der Waals surface area contributed by atoms with Crippen LogP contribution in [0.5, 0.6) is 5.75 Å². The third-order valence-electron chi connectivity index (χ3n) is 5.71. The van der Waals surface area contributed by atoms with Gasteiger partial charge < -0.3 is 19.5 Å². The van der Waals surface area contributed by atoms with E-state index in [1.54, 1.807) is 17.0 Å². The van der Waals surface area contributed by atoms with Crippen molar-refractivity contribution in [2.45, 2.75) is 25.9 Å². The van der Waals surface area contributed by atoms with Crippen LogP contribution in [0, 0.1) is 12.8 Å². The molecule has 2 fully saturated rings. The smallest absolute Gasteiger partial charge is 0.415 e. The zero-order valence-electron chi connectivity index (χ0n) is 17.7. The van der Waals surface area contributed by atoms with Crippen LogP contribution in [-0.4, -0.2) is 44.9 Å². The molecule has 2 aliphatic rings. The molecule has 1 atom stereocenters. The number of anilines is 1. The zero-order chi connectivity index (χ0) is 21.6. The molecule has 7 heteroatoms. The van der Waals surface area contributed by atoms with E-state index in [1.165, 1.54) is 0 Å². The molecule has 2 saturated heterocycles. The minimum Gasteiger partial charge on any atom is -0.484 e. The van der Waals surface area contributed by atoms with Crippen LogP contribution < -0.4 is 15.0 Å². The van der Waals surface area contributed by atoms with E-state index in [-0.39, 0.29) is 24.7 Å². The molecule has 164 valence electrons. The van der Waals surface area contributed by atoms with E-state index < -0.39 is 0 Å². The average Bonchev–Trinajstić information content (AvgIpc) is 3.19. The molecule has 1 unspecified atom stereocenters. The third kappa shape index (κ3) is 5.55. The van der Waals surface area contributed by atoms with E-state index >= 15 is 0 Å². The second kappa shape index (κ2) is 9.83. The van der Waals surface area contributed by atoms with Gasteiger partial charge >= 0.3 is 6.09 Å². The summed E-state index contributed by atoms with van der Waals surface area (Å²) < 4.78 is 16.5. The van der Waals surface area contributed by atoms with Gasteiger partial charge in [0.15, 0.2) is 6.61 Å². The lowest BCUT2D eigenvalue weighted by Gasteiger charge is -2.22. The van der Waals surface area contributed by atoms with E-state index in [0.29, 0.717) is 24.8 Å². The summed E-state index contributed by atoms with van der Waals surface area (Å²) in [6.45, 7) is 4.63. The Balaban J connectivity index is 1.25. The first-order valence-electron chi connectivity index (χ1n) is 10.7. The standard InChI is InChI=1S/C24H28N2O5/c1-17-2-6-20(7-3-17)26-15-22(31-24(26)28)19-4-8-21(9-5-19)30-16-23(27)25-14-18-10-12-29-13-11-18/h2-9,18,22H,10-16H2,1H3,(H,25,27). The molecule has 2 aliphatic heterocycles. The fraction of sp³-hybridized carbons (Fsp3) is 0.417. The first kappa shape index (κ1) is 21.2. The molecule has 2 aromatic carbocycles. The van der Waals surface area contributed by atoms with Crippen molar-refractivity contribution in [3.8, 4) is 5.75 Å². The highest BCUT2D eigenvalue weighted by Crippen LogP contribution is 2.31. The molecule has 4 rings (SSSR count). The van der Waals surface area contributed by atoms with Gasteiger partial charge in [-0.05, 0) is 55.5 Å². The lowest BCUT2D eigenvalue weighted by atomic mass is 10.0. The van der Waals surface area contributed by atoms with Crippen molar-refractivity contribution in [3.05, 3.63) is 59.7 Å². The van der Waals surface area contributed by atoms with E-state index in [4.69, 9.17) is 14.2 Å². The summed E-state index contributed by atoms with van der Waals surface area (Å²) in [5, 5.41) is 2.92. The summed E-state index contributed by atoms with van der Waals surface area (Å²) in [5.41, 5.74) is 2.85. The van der Waals surface area contributed by atoms with Gasteiger partial charge in [-0.2, -0.15) is 0 Å². The summed E-state index contributed by atoms with van der Waals surface area (Å²) >= 11 is 0. The average molecular weight is 424 g/mol. The number of ether oxygens (including phenoxy) is 3. The number of hydrogen-bond donors (Lipinski definition) is 1. The number of nitrogens with zero attached hydrogens (tertiary/aromatic N) is 1. The first-order valence-corrected chi connectivity index (χ1v) is 10.7. The minimum absolute atomic E-state index is 0.0256. The molecule has 0 saturated carbocycles. The fourth-order valence-corrected chi connectivity index (χ4v) is 3.76. The van der Waals surface area contributed by atoms with Gasteiger partial charge in [-0.15, -0.1) is 0 Å². The monoisotopic (exact) mass is 424 g/mol. The summed E-state index contributed by atoms with van der Waals surface area (Å²) in [4.78, 5) is 26.0. The Hall–Kier alpha value is -3.06. The van der Waals surface area contributed by atoms with Gasteiger partial charge in [-0.25, -0.2) is 4.79 Å². The lowest BCUT2D eigenvalue weighted by molar-refractivity contribution is -0.123. The predicted molar refractivity (Wildman–Crippen MR) is 116 cm³/mol. The SMILES string of the molecule is Cc1ccc(N2CC(c3ccc(OCC(=O)NCC4CCOCC4)cc3)OC2=O)cc1. The Morgan fingerprint density at radius 3 is 2.52 bits per heavy atom. The number of rotatable bonds is 7. The molecule has 0 bridgehead atoms. The Morgan fingerprint density at radius 2 is 1.81 bits per heavy atom. The van der Waals surface area contributed by atoms with Crippen LogP contribution in [-0.2, 0) is 14.3 Å². The number of carbonyl (C=O) groups excluding carboxylic acids is 2. The largest absolute Gasteiger partial charge is 0.484 e. The second-order valence-electron chi connectivity index (χ2n) is 8.04. The topological polar surface area (TPSA) is 77.1 Å². The molecular formula is C24H28N2O5. The van der Waals surface area contributed by atoms with Crippen LogP contribution in [0.25, 0.3) is 0 Å².